The number of rotatable bonds is 7. The van der Waals surface area contributed by atoms with Crippen molar-refractivity contribution in [3.05, 3.63) is 0 Å². The molecule has 0 radical (unpaired) electrons. The average Bonchev–Trinajstić information content (AvgIpc) is 2.28. The molecule has 0 aliphatic carbocycles. The summed E-state index contributed by atoms with van der Waals surface area (Å²) < 4.78 is 5.85. The Bertz CT molecular complexity index is 218. The first kappa shape index (κ1) is 15.7. The summed E-state index contributed by atoms with van der Waals surface area (Å²) >= 11 is 6.80. The minimum atomic E-state index is -0.128. The minimum Gasteiger partial charge on any atom is -0.466 e. The molecular formula is C11H21NO2S2. The van der Waals surface area contributed by atoms with Crippen LogP contribution in [0.1, 0.15) is 33.6 Å². The molecule has 0 atom stereocenters. The molecule has 5 heteroatoms. The van der Waals surface area contributed by atoms with E-state index < -0.39 is 0 Å². The highest BCUT2D eigenvalue weighted by Gasteiger charge is 2.07. The zero-order valence-corrected chi connectivity index (χ0v) is 12.0. The molecule has 0 saturated carbocycles. The van der Waals surface area contributed by atoms with Crippen LogP contribution >= 0.6 is 24.0 Å². The zero-order valence-electron chi connectivity index (χ0n) is 10.3. The number of carbonyl (C=O) groups excluding carboxylic acids is 1. The van der Waals surface area contributed by atoms with Gasteiger partial charge in [0.2, 0.25) is 0 Å². The summed E-state index contributed by atoms with van der Waals surface area (Å²) in [5.74, 6) is 0.578. The molecule has 16 heavy (non-hydrogen) atoms. The number of carbonyl (C=O) groups is 1. The van der Waals surface area contributed by atoms with Crippen LogP contribution in [0.25, 0.3) is 0 Å². The van der Waals surface area contributed by atoms with E-state index in [9.17, 15) is 4.79 Å². The van der Waals surface area contributed by atoms with Crippen LogP contribution in [0.5, 0.6) is 0 Å². The fourth-order valence-corrected chi connectivity index (χ4v) is 2.48. The maximum Gasteiger partial charge on any atom is 0.306 e. The average molecular weight is 263 g/mol. The Hall–Kier alpha value is -0.290. The third-order valence-corrected chi connectivity index (χ3v) is 3.55. The Morgan fingerprint density at radius 1 is 1.31 bits per heavy atom. The monoisotopic (exact) mass is 263 g/mol. The van der Waals surface area contributed by atoms with Gasteiger partial charge in [0.15, 0.2) is 0 Å². The third kappa shape index (κ3) is 7.06. The van der Waals surface area contributed by atoms with Crippen molar-refractivity contribution in [2.45, 2.75) is 33.6 Å². The lowest BCUT2D eigenvalue weighted by Gasteiger charge is -2.20. The summed E-state index contributed by atoms with van der Waals surface area (Å²) in [7, 11) is 0. The Kier molecular flexibility index (Phi) is 9.72. The molecule has 0 spiro atoms. The van der Waals surface area contributed by atoms with Gasteiger partial charge in [-0.05, 0) is 20.3 Å². The molecule has 94 valence electrons. The van der Waals surface area contributed by atoms with Crippen molar-refractivity contribution in [1.82, 2.24) is 4.90 Å². The highest BCUT2D eigenvalue weighted by Crippen LogP contribution is 2.10. The second-order valence-corrected chi connectivity index (χ2v) is 4.99. The first-order valence-electron chi connectivity index (χ1n) is 5.72. The highest BCUT2D eigenvalue weighted by atomic mass is 32.2. The van der Waals surface area contributed by atoms with E-state index in [2.05, 4.69) is 18.7 Å². The molecule has 0 aliphatic heterocycles. The van der Waals surface area contributed by atoms with Crippen molar-refractivity contribution < 1.29 is 9.53 Å². The molecule has 0 aromatic rings. The molecule has 0 aliphatic rings. The van der Waals surface area contributed by atoms with Gasteiger partial charge in [0.25, 0.3) is 0 Å². The summed E-state index contributed by atoms with van der Waals surface area (Å²) in [5, 5.41) is 0. The van der Waals surface area contributed by atoms with E-state index in [0.29, 0.717) is 18.8 Å². The van der Waals surface area contributed by atoms with Gasteiger partial charge in [-0.15, -0.1) is 0 Å². The number of hydrogen-bond acceptors (Lipinski definition) is 4. The van der Waals surface area contributed by atoms with Crippen LogP contribution in [0.15, 0.2) is 0 Å². The molecule has 0 aromatic carbocycles. The standard InChI is InChI=1S/C11H21NO2S2/c1-4-8-14-10(13)7-9-16-11(15)12(5-2)6-3/h4-9H2,1-3H3. The topological polar surface area (TPSA) is 29.5 Å². The van der Waals surface area contributed by atoms with E-state index >= 15 is 0 Å². The molecule has 0 amide bonds. The molecule has 0 rings (SSSR count). The Balaban J connectivity index is 3.64. The number of thiocarbonyl (C=S) groups is 1. The van der Waals surface area contributed by atoms with Crippen LogP contribution in [0.3, 0.4) is 0 Å². The molecule has 3 nitrogen and oxygen atoms in total. The van der Waals surface area contributed by atoms with Gasteiger partial charge in [0.05, 0.1) is 13.0 Å². The van der Waals surface area contributed by atoms with Crippen LogP contribution in [-0.4, -0.2) is 40.6 Å². The smallest absolute Gasteiger partial charge is 0.306 e. The van der Waals surface area contributed by atoms with Crippen LogP contribution < -0.4 is 0 Å². The SMILES string of the molecule is CCCOC(=O)CCSC(=S)N(CC)CC. The second kappa shape index (κ2) is 9.90. The van der Waals surface area contributed by atoms with Gasteiger partial charge in [-0.1, -0.05) is 30.9 Å². The fourth-order valence-electron chi connectivity index (χ4n) is 1.08. The van der Waals surface area contributed by atoms with E-state index in [1.54, 1.807) is 11.8 Å². The molecule has 0 aromatic heterocycles. The van der Waals surface area contributed by atoms with Crippen LogP contribution in [0.4, 0.5) is 0 Å². The minimum absolute atomic E-state index is 0.128. The molecule has 0 N–H and O–H groups in total. The largest absolute Gasteiger partial charge is 0.466 e. The second-order valence-electron chi connectivity index (χ2n) is 3.26. The van der Waals surface area contributed by atoms with Crippen molar-refractivity contribution in [2.24, 2.45) is 0 Å². The molecule has 0 bridgehead atoms. The summed E-state index contributed by atoms with van der Waals surface area (Å²) in [6, 6.07) is 0. The molecule has 0 heterocycles. The fraction of sp³-hybridized carbons (Fsp3) is 0.818. The van der Waals surface area contributed by atoms with Gasteiger partial charge in [-0.3, -0.25) is 4.79 Å². The van der Waals surface area contributed by atoms with Crippen molar-refractivity contribution >= 4 is 34.3 Å². The van der Waals surface area contributed by atoms with E-state index in [4.69, 9.17) is 17.0 Å². The van der Waals surface area contributed by atoms with E-state index in [1.165, 1.54) is 0 Å². The van der Waals surface area contributed by atoms with Crippen molar-refractivity contribution in [3.8, 4) is 0 Å². The molecular weight excluding hydrogens is 242 g/mol. The number of thioether (sulfide) groups is 1. The lowest BCUT2D eigenvalue weighted by molar-refractivity contribution is -0.143. The Morgan fingerprint density at radius 3 is 2.44 bits per heavy atom. The normalized spacial score (nSPS) is 9.94. The predicted molar refractivity (Wildman–Crippen MR) is 73.8 cm³/mol. The van der Waals surface area contributed by atoms with E-state index in [1.807, 2.05) is 6.92 Å². The van der Waals surface area contributed by atoms with Crippen molar-refractivity contribution in [3.63, 3.8) is 0 Å². The van der Waals surface area contributed by atoms with Crippen LogP contribution in [0.2, 0.25) is 0 Å². The van der Waals surface area contributed by atoms with Crippen LogP contribution in [-0.2, 0) is 9.53 Å². The predicted octanol–water partition coefficient (Wildman–Crippen LogP) is 2.69. The Labute approximate surface area is 108 Å². The van der Waals surface area contributed by atoms with Gasteiger partial charge in [0.1, 0.15) is 4.32 Å². The Morgan fingerprint density at radius 2 is 1.94 bits per heavy atom. The highest BCUT2D eigenvalue weighted by molar-refractivity contribution is 8.22. The number of hydrogen-bond donors (Lipinski definition) is 0. The number of esters is 1. The first-order valence-corrected chi connectivity index (χ1v) is 7.12. The maximum atomic E-state index is 11.2. The number of ether oxygens (including phenoxy) is 1. The van der Waals surface area contributed by atoms with Gasteiger partial charge in [0, 0.05) is 18.8 Å². The van der Waals surface area contributed by atoms with Crippen molar-refractivity contribution in [1.29, 1.82) is 0 Å². The summed E-state index contributed by atoms with van der Waals surface area (Å²) in [5.41, 5.74) is 0. The van der Waals surface area contributed by atoms with E-state index in [0.717, 1.165) is 23.8 Å². The van der Waals surface area contributed by atoms with Gasteiger partial charge < -0.3 is 9.64 Å². The summed E-state index contributed by atoms with van der Waals surface area (Å²) in [4.78, 5) is 13.3. The lowest BCUT2D eigenvalue weighted by atomic mass is 10.5. The first-order chi connectivity index (χ1) is 7.65. The molecule has 0 unspecified atom stereocenters. The van der Waals surface area contributed by atoms with Gasteiger partial charge in [-0.2, -0.15) is 0 Å². The maximum absolute atomic E-state index is 11.2. The van der Waals surface area contributed by atoms with E-state index in [-0.39, 0.29) is 5.97 Å². The summed E-state index contributed by atoms with van der Waals surface area (Å²) in [6.45, 7) is 8.49. The van der Waals surface area contributed by atoms with Gasteiger partial charge in [-0.25, -0.2) is 0 Å². The van der Waals surface area contributed by atoms with Crippen LogP contribution in [0, 0.1) is 0 Å². The summed E-state index contributed by atoms with van der Waals surface area (Å²) in [6.07, 6.45) is 1.31. The quantitative estimate of drug-likeness (QED) is 0.520. The lowest BCUT2D eigenvalue weighted by Crippen LogP contribution is -2.27. The number of nitrogens with zero attached hydrogens (tertiary/aromatic N) is 1. The molecule has 0 fully saturated rings. The van der Waals surface area contributed by atoms with Gasteiger partial charge >= 0.3 is 5.97 Å². The third-order valence-electron chi connectivity index (χ3n) is 2.02. The molecule has 0 saturated heterocycles. The zero-order chi connectivity index (χ0) is 12.4. The van der Waals surface area contributed by atoms with Crippen molar-refractivity contribution in [2.75, 3.05) is 25.4 Å².